The molecule has 0 N–H and O–H groups in total. The van der Waals surface area contributed by atoms with Gasteiger partial charge in [-0.15, -0.1) is 0 Å². The van der Waals surface area contributed by atoms with Gasteiger partial charge in [-0.25, -0.2) is 9.18 Å². The maximum absolute atomic E-state index is 15.0. The monoisotopic (exact) mass is 540 g/mol. The second kappa shape index (κ2) is 9.79. The molecule has 2 fully saturated rings. The molecule has 1 aromatic heterocycles. The number of aromatic nitrogens is 2. The largest absolute Gasteiger partial charge is 0.458 e. The molecule has 2 aliphatic heterocycles. The number of carbonyl (C=O) groups is 1. The number of hydrogen-bond donors (Lipinski definition) is 0. The molecule has 0 saturated carbocycles. The summed E-state index contributed by atoms with van der Waals surface area (Å²) in [5.41, 5.74) is -0.404. The summed E-state index contributed by atoms with van der Waals surface area (Å²) in [6.07, 6.45) is 0.839. The van der Waals surface area contributed by atoms with Gasteiger partial charge in [-0.05, 0) is 61.7 Å². The van der Waals surface area contributed by atoms with Gasteiger partial charge in [0.15, 0.2) is 12.1 Å². The maximum Gasteiger partial charge on any atom is 0.410 e. The van der Waals surface area contributed by atoms with E-state index < -0.39 is 17.7 Å². The number of anilines is 1. The molecule has 0 radical (unpaired) electrons. The molecule has 2 atom stereocenters. The number of carbonyl (C=O) groups excluding carboxylic acids is 1. The smallest absolute Gasteiger partial charge is 0.410 e. The Balaban J connectivity index is 1.65. The van der Waals surface area contributed by atoms with E-state index in [-0.39, 0.29) is 36.3 Å². The lowest BCUT2D eigenvalue weighted by Gasteiger charge is -2.42. The first-order valence-electron chi connectivity index (χ1n) is 11.2. The predicted molar refractivity (Wildman–Crippen MR) is 128 cm³/mol. The fourth-order valence-corrected chi connectivity index (χ4v) is 4.79. The number of amides is 1. The maximum atomic E-state index is 15.0. The Morgan fingerprint density at radius 2 is 1.82 bits per heavy atom. The van der Waals surface area contributed by atoms with Crippen LogP contribution >= 0.6 is 15.9 Å². The molecule has 2 saturated heterocycles. The van der Waals surface area contributed by atoms with Gasteiger partial charge in [0.2, 0.25) is 0 Å². The Morgan fingerprint density at radius 3 is 2.41 bits per heavy atom. The number of piperazine rings is 1. The normalized spacial score (nSPS) is 20.4. The van der Waals surface area contributed by atoms with Crippen LogP contribution in [0.4, 0.5) is 15.0 Å². The summed E-state index contributed by atoms with van der Waals surface area (Å²) in [5.74, 6) is 0.0786. The van der Waals surface area contributed by atoms with Crippen molar-refractivity contribution in [3.8, 4) is 6.01 Å². The molecular weight excluding hydrogens is 511 g/mol. The zero-order valence-electron chi connectivity index (χ0n) is 20.0. The number of methoxy groups -OCH3 is 2. The van der Waals surface area contributed by atoms with Crippen molar-refractivity contribution in [3.63, 3.8) is 0 Å². The van der Waals surface area contributed by atoms with Gasteiger partial charge in [-0.3, -0.25) is 4.90 Å². The van der Waals surface area contributed by atoms with Gasteiger partial charge in [0, 0.05) is 32.7 Å². The van der Waals surface area contributed by atoms with E-state index >= 15 is 4.39 Å². The molecule has 2 bridgehead atoms. The lowest BCUT2D eigenvalue weighted by molar-refractivity contribution is -0.123. The summed E-state index contributed by atoms with van der Waals surface area (Å²) < 4.78 is 37.0. The number of ether oxygens (including phenoxy) is 4. The van der Waals surface area contributed by atoms with Crippen molar-refractivity contribution in [2.75, 3.05) is 38.8 Å². The molecule has 0 aliphatic carbocycles. The van der Waals surface area contributed by atoms with E-state index in [9.17, 15) is 4.79 Å². The molecule has 1 amide bonds. The number of hydrogen-bond acceptors (Lipinski definition) is 8. The highest BCUT2D eigenvalue weighted by Gasteiger charge is 2.45. The quantitative estimate of drug-likeness (QED) is 0.506. The standard InChI is InChI=1S/C23H30BrFN4O5/c1-23(2,3)34-22(30)29-13-6-7-14(29)11-28(10-13)20-15-8-9-16(24)18(25)19(15)26-21(27-20)33-12-17(31-4)32-5/h8-9,13-14,17H,6-7,10-12H2,1-5H3/t13-,14+. The van der Waals surface area contributed by atoms with E-state index in [1.165, 1.54) is 14.2 Å². The molecule has 9 nitrogen and oxygen atoms in total. The van der Waals surface area contributed by atoms with E-state index in [4.69, 9.17) is 18.9 Å². The lowest BCUT2D eigenvalue weighted by atomic mass is 10.1. The van der Waals surface area contributed by atoms with Crippen LogP contribution in [-0.2, 0) is 14.2 Å². The summed E-state index contributed by atoms with van der Waals surface area (Å²) in [5, 5.41) is 0.577. The van der Waals surface area contributed by atoms with E-state index in [0.717, 1.165) is 12.8 Å². The van der Waals surface area contributed by atoms with Crippen molar-refractivity contribution in [2.45, 2.75) is 57.6 Å². The van der Waals surface area contributed by atoms with Crippen LogP contribution in [0.3, 0.4) is 0 Å². The highest BCUT2D eigenvalue weighted by molar-refractivity contribution is 9.10. The van der Waals surface area contributed by atoms with E-state index in [2.05, 4.69) is 30.8 Å². The molecule has 0 unspecified atom stereocenters. The SMILES string of the molecule is COC(COc1nc(N2C[C@H]3CC[C@@H](C2)N3C(=O)OC(C)(C)C)c2ccc(Br)c(F)c2n1)OC. The van der Waals surface area contributed by atoms with Crippen LogP contribution in [0.1, 0.15) is 33.6 Å². The van der Waals surface area contributed by atoms with E-state index in [0.29, 0.717) is 28.8 Å². The second-order valence-electron chi connectivity index (χ2n) is 9.48. The molecule has 3 heterocycles. The van der Waals surface area contributed by atoms with Crippen LogP contribution in [0.25, 0.3) is 10.9 Å². The second-order valence-corrected chi connectivity index (χ2v) is 10.3. The number of halogens is 2. The number of nitrogens with zero attached hydrogens (tertiary/aromatic N) is 4. The Kier molecular flexibility index (Phi) is 7.16. The minimum atomic E-state index is -0.608. The van der Waals surface area contributed by atoms with E-state index in [1.807, 2.05) is 25.7 Å². The average Bonchev–Trinajstić information content (AvgIpc) is 3.05. The minimum Gasteiger partial charge on any atom is -0.458 e. The minimum absolute atomic E-state index is 0.0188. The molecule has 11 heteroatoms. The topological polar surface area (TPSA) is 86.3 Å². The Morgan fingerprint density at radius 1 is 1.18 bits per heavy atom. The highest BCUT2D eigenvalue weighted by atomic mass is 79.9. The highest BCUT2D eigenvalue weighted by Crippen LogP contribution is 2.37. The van der Waals surface area contributed by atoms with Crippen molar-refractivity contribution in [3.05, 3.63) is 22.4 Å². The van der Waals surface area contributed by atoms with Crippen LogP contribution in [0.15, 0.2) is 16.6 Å². The first-order chi connectivity index (χ1) is 16.1. The third-order valence-electron chi connectivity index (χ3n) is 5.98. The third-order valence-corrected chi connectivity index (χ3v) is 6.59. The third kappa shape index (κ3) is 5.06. The molecule has 2 aliphatic rings. The lowest BCUT2D eigenvalue weighted by Crippen LogP contribution is -2.57. The molecule has 1 aromatic carbocycles. The predicted octanol–water partition coefficient (Wildman–Crippen LogP) is 4.12. The van der Waals surface area contributed by atoms with Gasteiger partial charge >= 0.3 is 12.1 Å². The zero-order chi connectivity index (χ0) is 24.6. The summed E-state index contributed by atoms with van der Waals surface area (Å²) >= 11 is 3.23. The molecule has 0 spiro atoms. The Hall–Kier alpha value is -2.24. The van der Waals surface area contributed by atoms with Gasteiger partial charge in [0.1, 0.15) is 23.5 Å². The Bertz CT molecular complexity index is 1050. The van der Waals surface area contributed by atoms with Crippen LogP contribution in [0, 0.1) is 5.82 Å². The van der Waals surface area contributed by atoms with Crippen LogP contribution in [-0.4, -0.2) is 78.9 Å². The molecule has 34 heavy (non-hydrogen) atoms. The first-order valence-corrected chi connectivity index (χ1v) is 12.0. The number of fused-ring (bicyclic) bond motifs is 3. The van der Waals surface area contributed by atoms with Gasteiger partial charge in [0.05, 0.1) is 16.6 Å². The van der Waals surface area contributed by atoms with Crippen molar-refractivity contribution in [1.82, 2.24) is 14.9 Å². The summed E-state index contributed by atoms with van der Waals surface area (Å²) in [7, 11) is 3.00. The molecule has 186 valence electrons. The summed E-state index contributed by atoms with van der Waals surface area (Å²) in [6.45, 7) is 6.74. The van der Waals surface area contributed by atoms with Crippen molar-refractivity contribution in [2.24, 2.45) is 0 Å². The summed E-state index contributed by atoms with van der Waals surface area (Å²) in [4.78, 5) is 25.7. The van der Waals surface area contributed by atoms with Crippen molar-refractivity contribution < 1.29 is 28.1 Å². The van der Waals surface area contributed by atoms with Crippen molar-refractivity contribution in [1.29, 1.82) is 0 Å². The zero-order valence-corrected chi connectivity index (χ0v) is 21.6. The van der Waals surface area contributed by atoms with E-state index in [1.54, 1.807) is 12.1 Å². The fourth-order valence-electron chi connectivity index (χ4n) is 4.47. The number of benzene rings is 1. The van der Waals surface area contributed by atoms with Crippen LogP contribution in [0.5, 0.6) is 6.01 Å². The average molecular weight is 541 g/mol. The van der Waals surface area contributed by atoms with Crippen molar-refractivity contribution >= 4 is 38.7 Å². The first kappa shape index (κ1) is 24.9. The van der Waals surface area contributed by atoms with Gasteiger partial charge in [0.25, 0.3) is 0 Å². The molecule has 2 aromatic rings. The number of rotatable bonds is 6. The van der Waals surface area contributed by atoms with Gasteiger partial charge in [-0.2, -0.15) is 9.97 Å². The van der Waals surface area contributed by atoms with Crippen LogP contribution in [0.2, 0.25) is 0 Å². The Labute approximate surface area is 206 Å². The molecular formula is C23H30BrFN4O5. The van der Waals surface area contributed by atoms with Crippen LogP contribution < -0.4 is 9.64 Å². The molecule has 4 rings (SSSR count). The van der Waals surface area contributed by atoms with Gasteiger partial charge in [-0.1, -0.05) is 0 Å². The fraction of sp³-hybridized carbons (Fsp3) is 0.609. The summed E-state index contributed by atoms with van der Waals surface area (Å²) in [6, 6.07) is 3.42. The van der Waals surface area contributed by atoms with Gasteiger partial charge < -0.3 is 23.8 Å².